The monoisotopic (exact) mass is 301 g/mol. The molecule has 0 saturated heterocycles. The van der Waals surface area contributed by atoms with Crippen LogP contribution >= 0.6 is 11.6 Å². The summed E-state index contributed by atoms with van der Waals surface area (Å²) >= 11 is 5.84. The molecule has 0 atom stereocenters. The molecule has 0 aliphatic heterocycles. The fraction of sp³-hybridized carbons (Fsp3) is 0.143. The molecule has 6 heteroatoms. The van der Waals surface area contributed by atoms with Crippen molar-refractivity contribution in [2.45, 2.75) is 12.7 Å². The molecule has 0 radical (unpaired) electrons. The maximum atomic E-state index is 12.6. The predicted octanol–water partition coefficient (Wildman–Crippen LogP) is 4.61. The summed E-state index contributed by atoms with van der Waals surface area (Å²) in [7, 11) is 0. The largest absolute Gasteiger partial charge is 0.457 e. The van der Waals surface area contributed by atoms with Gasteiger partial charge in [0.2, 0.25) is 0 Å². The third-order valence-electron chi connectivity index (χ3n) is 2.64. The second-order valence-corrected chi connectivity index (χ2v) is 4.52. The van der Waals surface area contributed by atoms with Crippen LogP contribution in [0.15, 0.2) is 42.5 Å². The number of benzene rings is 2. The summed E-state index contributed by atoms with van der Waals surface area (Å²) in [5, 5.41) is 0.421. The maximum absolute atomic E-state index is 12.6. The van der Waals surface area contributed by atoms with Gasteiger partial charge in [0.25, 0.3) is 0 Å². The zero-order chi connectivity index (χ0) is 14.8. The second-order valence-electron chi connectivity index (χ2n) is 4.08. The first kappa shape index (κ1) is 14.7. The van der Waals surface area contributed by atoms with Gasteiger partial charge >= 0.3 is 6.18 Å². The summed E-state index contributed by atoms with van der Waals surface area (Å²) in [4.78, 5) is 0. The van der Waals surface area contributed by atoms with Crippen molar-refractivity contribution in [2.75, 3.05) is 0 Å². The normalized spacial score (nSPS) is 11.4. The average molecular weight is 302 g/mol. The molecule has 0 bridgehead atoms. The van der Waals surface area contributed by atoms with Crippen molar-refractivity contribution in [2.24, 2.45) is 5.73 Å². The molecule has 0 saturated carbocycles. The minimum Gasteiger partial charge on any atom is -0.457 e. The lowest BCUT2D eigenvalue weighted by atomic mass is 10.2. The van der Waals surface area contributed by atoms with E-state index in [1.165, 1.54) is 18.2 Å². The molecule has 0 amide bonds. The summed E-state index contributed by atoms with van der Waals surface area (Å²) in [5.74, 6) is 0.427. The van der Waals surface area contributed by atoms with E-state index in [-0.39, 0.29) is 12.3 Å². The molecule has 0 spiro atoms. The molecule has 20 heavy (non-hydrogen) atoms. The number of halogens is 4. The van der Waals surface area contributed by atoms with Gasteiger partial charge in [0.1, 0.15) is 11.5 Å². The Bertz CT molecular complexity index is 614. The van der Waals surface area contributed by atoms with E-state index in [0.29, 0.717) is 16.3 Å². The van der Waals surface area contributed by atoms with Crippen LogP contribution in [0, 0.1) is 0 Å². The first-order valence-corrected chi connectivity index (χ1v) is 6.11. The van der Waals surface area contributed by atoms with Crippen molar-refractivity contribution in [3.8, 4) is 11.5 Å². The lowest BCUT2D eigenvalue weighted by Gasteiger charge is -2.12. The summed E-state index contributed by atoms with van der Waals surface area (Å²) < 4.78 is 43.3. The van der Waals surface area contributed by atoms with Gasteiger partial charge in [-0.25, -0.2) is 0 Å². The predicted molar refractivity (Wildman–Crippen MR) is 70.9 cm³/mol. The number of nitrogens with two attached hydrogens (primary N) is 1. The Morgan fingerprint density at radius 2 is 1.85 bits per heavy atom. The number of hydrogen-bond donors (Lipinski definition) is 1. The van der Waals surface area contributed by atoms with Gasteiger partial charge in [0, 0.05) is 17.1 Å². The fourth-order valence-corrected chi connectivity index (χ4v) is 1.82. The van der Waals surface area contributed by atoms with Gasteiger partial charge in [-0.2, -0.15) is 13.2 Å². The van der Waals surface area contributed by atoms with E-state index < -0.39 is 11.7 Å². The molecule has 2 N–H and O–H groups in total. The molecule has 0 unspecified atom stereocenters. The van der Waals surface area contributed by atoms with Gasteiger partial charge in [0.15, 0.2) is 0 Å². The van der Waals surface area contributed by atoms with E-state index in [2.05, 4.69) is 0 Å². The van der Waals surface area contributed by atoms with E-state index in [1.54, 1.807) is 12.1 Å². The Hall–Kier alpha value is -1.72. The Balaban J connectivity index is 2.33. The van der Waals surface area contributed by atoms with Crippen LogP contribution in [0.3, 0.4) is 0 Å². The van der Waals surface area contributed by atoms with E-state index in [9.17, 15) is 13.2 Å². The van der Waals surface area contributed by atoms with Crippen molar-refractivity contribution in [3.05, 3.63) is 58.6 Å². The van der Waals surface area contributed by atoms with Crippen LogP contribution in [0.5, 0.6) is 11.5 Å². The molecule has 0 aliphatic rings. The zero-order valence-electron chi connectivity index (χ0n) is 10.2. The highest BCUT2D eigenvalue weighted by atomic mass is 35.5. The van der Waals surface area contributed by atoms with Crippen molar-refractivity contribution in [1.82, 2.24) is 0 Å². The highest BCUT2D eigenvalue weighted by Gasteiger charge is 2.30. The number of ether oxygens (including phenoxy) is 1. The Morgan fingerprint density at radius 1 is 1.10 bits per heavy atom. The number of rotatable bonds is 3. The van der Waals surface area contributed by atoms with Crippen molar-refractivity contribution < 1.29 is 17.9 Å². The molecule has 2 aromatic rings. The lowest BCUT2D eigenvalue weighted by molar-refractivity contribution is -0.137. The minimum absolute atomic E-state index is 0.0804. The highest BCUT2D eigenvalue weighted by molar-refractivity contribution is 6.30. The quantitative estimate of drug-likeness (QED) is 0.898. The van der Waals surface area contributed by atoms with Crippen LogP contribution in [-0.4, -0.2) is 0 Å². The SMILES string of the molecule is NCc1ccc(Cl)cc1Oc1cccc(C(F)(F)F)c1. The Kier molecular flexibility index (Phi) is 4.20. The van der Waals surface area contributed by atoms with E-state index in [1.807, 2.05) is 0 Å². The topological polar surface area (TPSA) is 35.2 Å². The smallest absolute Gasteiger partial charge is 0.416 e. The standard InChI is InChI=1S/C14H11ClF3NO/c15-11-5-4-9(8-19)13(7-11)20-12-3-1-2-10(6-12)14(16,17)18/h1-7H,8,19H2. The first-order chi connectivity index (χ1) is 9.40. The molecular formula is C14H11ClF3NO. The zero-order valence-corrected chi connectivity index (χ0v) is 11.0. The van der Waals surface area contributed by atoms with Crippen LogP contribution < -0.4 is 10.5 Å². The third kappa shape index (κ3) is 3.43. The Labute approximate surface area is 118 Å². The molecule has 0 aromatic heterocycles. The van der Waals surface area contributed by atoms with Crippen LogP contribution in [0.4, 0.5) is 13.2 Å². The van der Waals surface area contributed by atoms with Gasteiger partial charge < -0.3 is 10.5 Å². The molecule has 2 aromatic carbocycles. The van der Waals surface area contributed by atoms with Gasteiger partial charge in [-0.15, -0.1) is 0 Å². The van der Waals surface area contributed by atoms with E-state index in [0.717, 1.165) is 12.1 Å². The highest BCUT2D eigenvalue weighted by Crippen LogP contribution is 2.34. The minimum atomic E-state index is -4.41. The van der Waals surface area contributed by atoms with Gasteiger partial charge in [0.05, 0.1) is 5.56 Å². The molecule has 2 nitrogen and oxygen atoms in total. The van der Waals surface area contributed by atoms with Crippen molar-refractivity contribution >= 4 is 11.6 Å². The summed E-state index contributed by atoms with van der Waals surface area (Å²) in [5.41, 5.74) is 5.44. The lowest BCUT2D eigenvalue weighted by Crippen LogP contribution is -2.05. The maximum Gasteiger partial charge on any atom is 0.416 e. The fourth-order valence-electron chi connectivity index (χ4n) is 1.65. The number of hydrogen-bond acceptors (Lipinski definition) is 2. The van der Waals surface area contributed by atoms with Crippen molar-refractivity contribution in [3.63, 3.8) is 0 Å². The van der Waals surface area contributed by atoms with Crippen LogP contribution in [0.25, 0.3) is 0 Å². The van der Waals surface area contributed by atoms with Gasteiger partial charge in [-0.05, 0) is 30.3 Å². The summed E-state index contributed by atoms with van der Waals surface area (Å²) in [6, 6.07) is 9.47. The van der Waals surface area contributed by atoms with Crippen LogP contribution in [-0.2, 0) is 12.7 Å². The molecule has 0 fully saturated rings. The molecule has 106 valence electrons. The van der Waals surface area contributed by atoms with Gasteiger partial charge in [-0.3, -0.25) is 0 Å². The van der Waals surface area contributed by atoms with Crippen LogP contribution in [0.1, 0.15) is 11.1 Å². The average Bonchev–Trinajstić information content (AvgIpc) is 2.38. The molecule has 2 rings (SSSR count). The van der Waals surface area contributed by atoms with Crippen molar-refractivity contribution in [1.29, 1.82) is 0 Å². The molecule has 0 heterocycles. The number of alkyl halides is 3. The van der Waals surface area contributed by atoms with E-state index >= 15 is 0 Å². The second kappa shape index (κ2) is 5.73. The summed E-state index contributed by atoms with van der Waals surface area (Å²) in [6.07, 6.45) is -4.41. The Morgan fingerprint density at radius 3 is 2.50 bits per heavy atom. The van der Waals surface area contributed by atoms with Gasteiger partial charge in [-0.1, -0.05) is 23.7 Å². The summed E-state index contributed by atoms with van der Waals surface area (Å²) in [6.45, 7) is 0.200. The first-order valence-electron chi connectivity index (χ1n) is 5.74. The third-order valence-corrected chi connectivity index (χ3v) is 2.87. The van der Waals surface area contributed by atoms with Crippen LogP contribution in [0.2, 0.25) is 5.02 Å². The van der Waals surface area contributed by atoms with E-state index in [4.69, 9.17) is 22.1 Å². The molecular weight excluding hydrogens is 291 g/mol. The molecule has 0 aliphatic carbocycles.